The summed E-state index contributed by atoms with van der Waals surface area (Å²) in [4.78, 5) is 12.4. The fourth-order valence-electron chi connectivity index (χ4n) is 2.20. The maximum atomic E-state index is 12.4. The fraction of sp³-hybridized carbons (Fsp3) is 0.381. The molecular formula is C21H27NO3. The van der Waals surface area contributed by atoms with E-state index in [0.717, 1.165) is 30.7 Å². The zero-order valence-corrected chi connectivity index (χ0v) is 15.2. The van der Waals surface area contributed by atoms with Gasteiger partial charge in [0.05, 0.1) is 12.7 Å². The Morgan fingerprint density at radius 2 is 1.84 bits per heavy atom. The van der Waals surface area contributed by atoms with Crippen molar-refractivity contribution < 1.29 is 14.3 Å². The van der Waals surface area contributed by atoms with Crippen molar-refractivity contribution in [1.29, 1.82) is 0 Å². The van der Waals surface area contributed by atoms with Crippen LogP contribution in [0.5, 0.6) is 11.5 Å². The number of carbonyl (C=O) groups excluding carboxylic acids is 1. The summed E-state index contributed by atoms with van der Waals surface area (Å²) in [5.74, 6) is 1.37. The third-order valence-electron chi connectivity index (χ3n) is 3.89. The summed E-state index contributed by atoms with van der Waals surface area (Å²) < 4.78 is 11.4. The van der Waals surface area contributed by atoms with Gasteiger partial charge < -0.3 is 14.8 Å². The van der Waals surface area contributed by atoms with Crippen molar-refractivity contribution >= 4 is 11.6 Å². The molecule has 0 fully saturated rings. The van der Waals surface area contributed by atoms with Crippen LogP contribution in [-0.2, 0) is 0 Å². The number of ether oxygens (including phenoxy) is 2. The zero-order chi connectivity index (χ0) is 18.1. The largest absolute Gasteiger partial charge is 0.494 e. The molecule has 1 amide bonds. The second-order valence-corrected chi connectivity index (χ2v) is 6.05. The van der Waals surface area contributed by atoms with Gasteiger partial charge in [-0.05, 0) is 62.2 Å². The van der Waals surface area contributed by atoms with Crippen LogP contribution in [0.4, 0.5) is 5.69 Å². The molecule has 0 radical (unpaired) electrons. The van der Waals surface area contributed by atoms with E-state index >= 15 is 0 Å². The van der Waals surface area contributed by atoms with Crippen molar-refractivity contribution in [2.75, 3.05) is 11.9 Å². The van der Waals surface area contributed by atoms with Crippen molar-refractivity contribution in [3.8, 4) is 11.5 Å². The van der Waals surface area contributed by atoms with Gasteiger partial charge in [-0.3, -0.25) is 4.79 Å². The molecule has 1 N–H and O–H groups in total. The summed E-state index contributed by atoms with van der Waals surface area (Å²) in [6.45, 7) is 6.92. The van der Waals surface area contributed by atoms with E-state index < -0.39 is 0 Å². The highest BCUT2D eigenvalue weighted by molar-refractivity contribution is 6.04. The molecule has 0 aromatic heterocycles. The number of rotatable bonds is 9. The molecule has 0 bridgehead atoms. The average Bonchev–Trinajstić information content (AvgIpc) is 2.63. The molecule has 134 valence electrons. The van der Waals surface area contributed by atoms with Crippen molar-refractivity contribution in [3.05, 3.63) is 54.1 Å². The Balaban J connectivity index is 1.96. The molecule has 2 aromatic rings. The highest BCUT2D eigenvalue weighted by Crippen LogP contribution is 2.19. The molecule has 1 atom stereocenters. The summed E-state index contributed by atoms with van der Waals surface area (Å²) in [5, 5.41) is 2.90. The molecule has 0 aliphatic heterocycles. The van der Waals surface area contributed by atoms with Crippen molar-refractivity contribution in [2.24, 2.45) is 0 Å². The monoisotopic (exact) mass is 341 g/mol. The van der Waals surface area contributed by atoms with Gasteiger partial charge in [0.2, 0.25) is 0 Å². The second-order valence-electron chi connectivity index (χ2n) is 6.05. The topological polar surface area (TPSA) is 47.6 Å². The van der Waals surface area contributed by atoms with Gasteiger partial charge in [0, 0.05) is 11.3 Å². The maximum Gasteiger partial charge on any atom is 0.255 e. The molecule has 2 rings (SSSR count). The van der Waals surface area contributed by atoms with Crippen LogP contribution in [-0.4, -0.2) is 18.6 Å². The second kappa shape index (κ2) is 9.72. The number of hydrogen-bond donors (Lipinski definition) is 1. The zero-order valence-electron chi connectivity index (χ0n) is 15.2. The predicted octanol–water partition coefficient (Wildman–Crippen LogP) is 5.30. The minimum Gasteiger partial charge on any atom is -0.494 e. The Morgan fingerprint density at radius 3 is 2.52 bits per heavy atom. The number of anilines is 1. The summed E-state index contributed by atoms with van der Waals surface area (Å²) in [7, 11) is 0. The minimum atomic E-state index is -0.158. The fourth-order valence-corrected chi connectivity index (χ4v) is 2.20. The molecule has 0 spiro atoms. The van der Waals surface area contributed by atoms with E-state index in [1.165, 1.54) is 0 Å². The number of carbonyl (C=O) groups is 1. The van der Waals surface area contributed by atoms with Gasteiger partial charge in [0.25, 0.3) is 5.91 Å². The lowest BCUT2D eigenvalue weighted by molar-refractivity contribution is 0.102. The van der Waals surface area contributed by atoms with Crippen LogP contribution in [0.2, 0.25) is 0 Å². The molecule has 25 heavy (non-hydrogen) atoms. The van der Waals surface area contributed by atoms with Crippen LogP contribution in [0, 0.1) is 0 Å². The van der Waals surface area contributed by atoms with Crippen molar-refractivity contribution in [3.63, 3.8) is 0 Å². The molecule has 2 aromatic carbocycles. The highest BCUT2D eigenvalue weighted by Gasteiger charge is 2.09. The van der Waals surface area contributed by atoms with Crippen LogP contribution in [0.25, 0.3) is 0 Å². The van der Waals surface area contributed by atoms with Gasteiger partial charge in [-0.25, -0.2) is 0 Å². The van der Waals surface area contributed by atoms with Gasteiger partial charge in [-0.2, -0.15) is 0 Å². The minimum absolute atomic E-state index is 0.124. The van der Waals surface area contributed by atoms with Gasteiger partial charge in [0.15, 0.2) is 0 Å². The Morgan fingerprint density at radius 1 is 1.08 bits per heavy atom. The van der Waals surface area contributed by atoms with E-state index in [-0.39, 0.29) is 12.0 Å². The maximum absolute atomic E-state index is 12.4. The van der Waals surface area contributed by atoms with E-state index in [1.54, 1.807) is 12.1 Å². The van der Waals surface area contributed by atoms with E-state index in [2.05, 4.69) is 19.2 Å². The summed E-state index contributed by atoms with van der Waals surface area (Å²) in [5.41, 5.74) is 1.31. The lowest BCUT2D eigenvalue weighted by atomic mass is 10.2. The molecule has 0 saturated carbocycles. The molecular weight excluding hydrogens is 314 g/mol. The quantitative estimate of drug-likeness (QED) is 0.630. The highest BCUT2D eigenvalue weighted by atomic mass is 16.5. The summed E-state index contributed by atoms with van der Waals surface area (Å²) in [6, 6.07) is 14.7. The van der Waals surface area contributed by atoms with Gasteiger partial charge in [-0.1, -0.05) is 26.3 Å². The number of hydrogen-bond acceptors (Lipinski definition) is 3. The summed E-state index contributed by atoms with van der Waals surface area (Å²) >= 11 is 0. The first-order valence-electron chi connectivity index (χ1n) is 8.93. The molecule has 0 heterocycles. The molecule has 4 heteroatoms. The van der Waals surface area contributed by atoms with E-state index in [9.17, 15) is 4.79 Å². The van der Waals surface area contributed by atoms with Crippen LogP contribution >= 0.6 is 0 Å². The standard InChI is InChI=1S/C21H27NO3/c1-4-6-14-24-19-12-10-18(11-13-19)22-21(23)17-8-7-9-20(15-17)25-16(3)5-2/h7-13,15-16H,4-6,14H2,1-3H3,(H,22,23). The number of amides is 1. The van der Waals surface area contributed by atoms with Gasteiger partial charge >= 0.3 is 0 Å². The first kappa shape index (κ1) is 18.8. The smallest absolute Gasteiger partial charge is 0.255 e. The van der Waals surface area contributed by atoms with Crippen molar-refractivity contribution in [2.45, 2.75) is 46.1 Å². The predicted molar refractivity (Wildman–Crippen MR) is 102 cm³/mol. The Kier molecular flexibility index (Phi) is 7.33. The number of nitrogens with one attached hydrogen (secondary N) is 1. The Labute approximate surface area is 150 Å². The van der Waals surface area contributed by atoms with E-state index in [0.29, 0.717) is 17.9 Å². The van der Waals surface area contributed by atoms with Crippen LogP contribution in [0.15, 0.2) is 48.5 Å². The lowest BCUT2D eigenvalue weighted by Crippen LogP contribution is -2.13. The molecule has 0 aliphatic rings. The Bertz CT molecular complexity index is 667. The van der Waals surface area contributed by atoms with Crippen molar-refractivity contribution in [1.82, 2.24) is 0 Å². The average molecular weight is 341 g/mol. The van der Waals surface area contributed by atoms with Gasteiger partial charge in [-0.15, -0.1) is 0 Å². The van der Waals surface area contributed by atoms with E-state index in [1.807, 2.05) is 43.3 Å². The first-order valence-corrected chi connectivity index (χ1v) is 8.93. The molecule has 0 saturated heterocycles. The third kappa shape index (κ3) is 6.14. The lowest BCUT2D eigenvalue weighted by Gasteiger charge is -2.13. The SMILES string of the molecule is CCCCOc1ccc(NC(=O)c2cccc(OC(C)CC)c2)cc1. The summed E-state index contributed by atoms with van der Waals surface area (Å²) in [6.07, 6.45) is 3.18. The third-order valence-corrected chi connectivity index (χ3v) is 3.89. The Hall–Kier alpha value is -2.49. The number of benzene rings is 2. The number of unbranched alkanes of at least 4 members (excludes halogenated alkanes) is 1. The van der Waals surface area contributed by atoms with Gasteiger partial charge in [0.1, 0.15) is 11.5 Å². The normalized spacial score (nSPS) is 11.6. The van der Waals surface area contributed by atoms with E-state index in [4.69, 9.17) is 9.47 Å². The van der Waals surface area contributed by atoms with Crippen LogP contribution < -0.4 is 14.8 Å². The molecule has 0 aliphatic carbocycles. The first-order chi connectivity index (χ1) is 12.1. The molecule has 4 nitrogen and oxygen atoms in total. The molecule has 1 unspecified atom stereocenters. The van der Waals surface area contributed by atoms with Crippen LogP contribution in [0.3, 0.4) is 0 Å². The van der Waals surface area contributed by atoms with Crippen LogP contribution in [0.1, 0.15) is 50.4 Å².